The highest BCUT2D eigenvalue weighted by Gasteiger charge is 2.36. The molecule has 5 rings (SSSR count). The summed E-state index contributed by atoms with van der Waals surface area (Å²) in [7, 11) is -4.32. The quantitative estimate of drug-likeness (QED) is 0.162. The van der Waals surface area contributed by atoms with Gasteiger partial charge < -0.3 is 10.2 Å². The summed E-state index contributed by atoms with van der Waals surface area (Å²) in [5.41, 5.74) is 2.51. The van der Waals surface area contributed by atoms with Gasteiger partial charge in [0.2, 0.25) is 11.8 Å². The summed E-state index contributed by atoms with van der Waals surface area (Å²) in [6.07, 6.45) is 4.00. The SMILES string of the molecule is Cc1ccc(S(=O)(=O)N(CC(=O)N(Cc2ccc(Cl)cc2)C(Cc2ccccc2)C(=O)NC2CCCC2)c2cccc(Cl)c2Cl)cc1. The molecule has 0 spiro atoms. The minimum absolute atomic E-state index is 0.0111. The van der Waals surface area contributed by atoms with E-state index in [0.29, 0.717) is 5.02 Å². The molecule has 0 radical (unpaired) electrons. The molecule has 1 aliphatic rings. The molecule has 4 aromatic rings. The Morgan fingerprint density at radius 3 is 2.15 bits per heavy atom. The second-order valence-corrected chi connectivity index (χ2v) is 14.8. The number of sulfonamides is 1. The molecule has 11 heteroatoms. The molecule has 4 aromatic carbocycles. The molecular weight excluding hydrogens is 677 g/mol. The minimum atomic E-state index is -4.32. The first-order chi connectivity index (χ1) is 22.5. The van der Waals surface area contributed by atoms with Crippen LogP contribution in [0.4, 0.5) is 5.69 Å². The summed E-state index contributed by atoms with van der Waals surface area (Å²) in [6.45, 7) is 1.25. The number of hydrogen-bond acceptors (Lipinski definition) is 4. The second-order valence-electron chi connectivity index (χ2n) is 11.7. The van der Waals surface area contributed by atoms with Crippen molar-refractivity contribution in [2.45, 2.75) is 62.6 Å². The molecule has 0 aromatic heterocycles. The van der Waals surface area contributed by atoms with Crippen LogP contribution in [0.15, 0.2) is 102 Å². The topological polar surface area (TPSA) is 86.8 Å². The summed E-state index contributed by atoms with van der Waals surface area (Å²) in [5, 5.41) is 3.82. The lowest BCUT2D eigenvalue weighted by molar-refractivity contribution is -0.140. The van der Waals surface area contributed by atoms with E-state index in [2.05, 4.69) is 5.32 Å². The number of benzene rings is 4. The molecule has 0 heterocycles. The molecule has 1 aliphatic carbocycles. The van der Waals surface area contributed by atoms with Crippen LogP contribution >= 0.6 is 34.8 Å². The lowest BCUT2D eigenvalue weighted by Gasteiger charge is -2.34. The molecule has 246 valence electrons. The highest BCUT2D eigenvalue weighted by molar-refractivity contribution is 7.92. The Morgan fingerprint density at radius 1 is 0.830 bits per heavy atom. The van der Waals surface area contributed by atoms with Gasteiger partial charge in [-0.15, -0.1) is 0 Å². The van der Waals surface area contributed by atoms with Gasteiger partial charge in [0.1, 0.15) is 12.6 Å². The van der Waals surface area contributed by atoms with Crippen molar-refractivity contribution in [3.05, 3.63) is 129 Å². The standard InChI is InChI=1S/C36H36Cl3N3O4S/c1-25-14-20-30(21-15-25)47(45,46)42(32-13-7-12-31(38)35(32)39)24-34(43)41(23-27-16-18-28(37)19-17-27)33(22-26-8-3-2-4-9-26)36(44)40-29-10-5-6-11-29/h2-4,7-9,12-21,29,33H,5-6,10-11,22-24H2,1H3,(H,40,44). The van der Waals surface area contributed by atoms with E-state index in [0.717, 1.165) is 46.7 Å². The lowest BCUT2D eigenvalue weighted by atomic mass is 10.0. The largest absolute Gasteiger partial charge is 0.352 e. The number of hydrogen-bond donors (Lipinski definition) is 1. The van der Waals surface area contributed by atoms with Crippen molar-refractivity contribution in [1.82, 2.24) is 10.2 Å². The molecule has 0 bridgehead atoms. The van der Waals surface area contributed by atoms with Gasteiger partial charge in [0.25, 0.3) is 10.0 Å². The fourth-order valence-corrected chi connectivity index (χ4v) is 7.74. The monoisotopic (exact) mass is 711 g/mol. The van der Waals surface area contributed by atoms with Crippen molar-refractivity contribution < 1.29 is 18.0 Å². The van der Waals surface area contributed by atoms with Crippen LogP contribution in [0.25, 0.3) is 0 Å². The summed E-state index contributed by atoms with van der Waals surface area (Å²) >= 11 is 19.1. The van der Waals surface area contributed by atoms with Crippen LogP contribution in [-0.4, -0.2) is 43.8 Å². The van der Waals surface area contributed by atoms with Crippen LogP contribution in [0, 0.1) is 6.92 Å². The normalized spacial score (nSPS) is 14.0. The predicted octanol–water partition coefficient (Wildman–Crippen LogP) is 7.85. The van der Waals surface area contributed by atoms with E-state index in [1.165, 1.54) is 23.1 Å². The highest BCUT2D eigenvalue weighted by Crippen LogP contribution is 2.36. The number of carbonyl (C=O) groups excluding carboxylic acids is 2. The highest BCUT2D eigenvalue weighted by atomic mass is 35.5. The summed E-state index contributed by atoms with van der Waals surface area (Å²) in [6, 6.07) is 26.5. The minimum Gasteiger partial charge on any atom is -0.352 e. The van der Waals surface area contributed by atoms with Gasteiger partial charge in [0.15, 0.2) is 0 Å². The number of nitrogens with one attached hydrogen (secondary N) is 1. The van der Waals surface area contributed by atoms with E-state index in [4.69, 9.17) is 34.8 Å². The van der Waals surface area contributed by atoms with Gasteiger partial charge in [-0.25, -0.2) is 8.42 Å². The maximum atomic E-state index is 14.6. The molecule has 0 saturated heterocycles. The maximum absolute atomic E-state index is 14.6. The Labute approximate surface area is 291 Å². The molecule has 2 amide bonds. The van der Waals surface area contributed by atoms with E-state index in [1.807, 2.05) is 37.3 Å². The first-order valence-corrected chi connectivity index (χ1v) is 18.0. The average Bonchev–Trinajstić information content (AvgIpc) is 3.57. The lowest BCUT2D eigenvalue weighted by Crippen LogP contribution is -2.54. The number of aryl methyl sites for hydroxylation is 1. The zero-order valence-electron chi connectivity index (χ0n) is 25.9. The van der Waals surface area contributed by atoms with Gasteiger partial charge in [-0.2, -0.15) is 0 Å². The first kappa shape index (κ1) is 34.8. The third-order valence-electron chi connectivity index (χ3n) is 8.33. The molecule has 0 aliphatic heterocycles. The van der Waals surface area contributed by atoms with Crippen molar-refractivity contribution in [3.63, 3.8) is 0 Å². The zero-order chi connectivity index (χ0) is 33.6. The summed E-state index contributed by atoms with van der Waals surface area (Å²) in [4.78, 5) is 30.2. The van der Waals surface area contributed by atoms with Gasteiger partial charge in [-0.3, -0.25) is 13.9 Å². The van der Waals surface area contributed by atoms with Gasteiger partial charge in [0, 0.05) is 24.0 Å². The van der Waals surface area contributed by atoms with Gasteiger partial charge in [-0.1, -0.05) is 114 Å². The molecule has 1 N–H and O–H groups in total. The maximum Gasteiger partial charge on any atom is 0.264 e. The van der Waals surface area contributed by atoms with Crippen LogP contribution in [0.2, 0.25) is 15.1 Å². The van der Waals surface area contributed by atoms with Crippen molar-refractivity contribution in [3.8, 4) is 0 Å². The zero-order valence-corrected chi connectivity index (χ0v) is 29.0. The number of halogens is 3. The number of anilines is 1. The van der Waals surface area contributed by atoms with E-state index in [-0.39, 0.29) is 45.5 Å². The molecular formula is C36H36Cl3N3O4S. The fourth-order valence-electron chi connectivity index (χ4n) is 5.74. The van der Waals surface area contributed by atoms with Crippen LogP contribution < -0.4 is 9.62 Å². The van der Waals surface area contributed by atoms with E-state index in [9.17, 15) is 18.0 Å². The molecule has 47 heavy (non-hydrogen) atoms. The van der Waals surface area contributed by atoms with Crippen molar-refractivity contribution >= 4 is 62.3 Å². The number of carbonyl (C=O) groups is 2. The van der Waals surface area contributed by atoms with Crippen molar-refractivity contribution in [1.29, 1.82) is 0 Å². The average molecular weight is 713 g/mol. The first-order valence-electron chi connectivity index (χ1n) is 15.4. The summed E-state index contributed by atoms with van der Waals surface area (Å²) in [5.74, 6) is -0.883. The Morgan fingerprint density at radius 2 is 1.49 bits per heavy atom. The van der Waals surface area contributed by atoms with Gasteiger partial charge >= 0.3 is 0 Å². The van der Waals surface area contributed by atoms with E-state index in [1.54, 1.807) is 48.5 Å². The molecule has 1 atom stereocenters. The Hall–Kier alpha value is -3.56. The molecule has 1 fully saturated rings. The van der Waals surface area contributed by atoms with Gasteiger partial charge in [-0.05, 0) is 67.3 Å². The van der Waals surface area contributed by atoms with Crippen LogP contribution in [0.1, 0.15) is 42.4 Å². The Kier molecular flexibility index (Phi) is 11.5. The van der Waals surface area contributed by atoms with E-state index >= 15 is 0 Å². The number of rotatable bonds is 12. The smallest absolute Gasteiger partial charge is 0.264 e. The Balaban J connectivity index is 1.58. The molecule has 1 saturated carbocycles. The predicted molar refractivity (Wildman–Crippen MR) is 189 cm³/mol. The molecule has 7 nitrogen and oxygen atoms in total. The van der Waals surface area contributed by atoms with Gasteiger partial charge in [0.05, 0.1) is 20.6 Å². The fraction of sp³-hybridized carbons (Fsp3) is 0.278. The van der Waals surface area contributed by atoms with Crippen LogP contribution in [-0.2, 0) is 32.6 Å². The van der Waals surface area contributed by atoms with Crippen LogP contribution in [0.3, 0.4) is 0 Å². The Bertz CT molecular complexity index is 1800. The molecule has 1 unspecified atom stereocenters. The number of nitrogens with zero attached hydrogens (tertiary/aromatic N) is 2. The third-order valence-corrected chi connectivity index (χ3v) is 11.2. The summed E-state index contributed by atoms with van der Waals surface area (Å²) < 4.78 is 29.5. The number of amides is 2. The van der Waals surface area contributed by atoms with Crippen LogP contribution in [0.5, 0.6) is 0 Å². The second kappa shape index (κ2) is 15.6. The third kappa shape index (κ3) is 8.68. The van der Waals surface area contributed by atoms with E-state index < -0.39 is 28.5 Å². The van der Waals surface area contributed by atoms with Crippen molar-refractivity contribution in [2.75, 3.05) is 10.8 Å². The van der Waals surface area contributed by atoms with Crippen molar-refractivity contribution in [2.24, 2.45) is 0 Å².